The van der Waals surface area contributed by atoms with Crippen LogP contribution in [0.3, 0.4) is 0 Å². The van der Waals surface area contributed by atoms with Crippen LogP contribution in [0.2, 0.25) is 0 Å². The Balaban J connectivity index is 2.12. The first-order valence-electron chi connectivity index (χ1n) is 6.28. The average molecular weight is 213 g/mol. The van der Waals surface area contributed by atoms with Gasteiger partial charge in [0.2, 0.25) is 0 Å². The average Bonchev–Trinajstić information content (AvgIpc) is 2.16. The Morgan fingerprint density at radius 1 is 1.00 bits per heavy atom. The minimum absolute atomic E-state index is 0.346. The van der Waals surface area contributed by atoms with E-state index in [1.807, 2.05) is 0 Å². The number of nitrogens with zero attached hydrogens (tertiary/aromatic N) is 2. The molecule has 0 aromatic carbocycles. The standard InChI is InChI=1S/C12H27N3/c1-11(2)10-15-8-6-14(7-9-15)5-4-12(3)13/h11-12H,4-10,13H2,1-3H3. The summed E-state index contributed by atoms with van der Waals surface area (Å²) in [6, 6.07) is 0.346. The zero-order valence-electron chi connectivity index (χ0n) is 10.6. The molecule has 0 radical (unpaired) electrons. The van der Waals surface area contributed by atoms with Gasteiger partial charge in [-0.1, -0.05) is 13.8 Å². The Kier molecular flexibility index (Phi) is 5.58. The summed E-state index contributed by atoms with van der Waals surface area (Å²) >= 11 is 0. The summed E-state index contributed by atoms with van der Waals surface area (Å²) in [7, 11) is 0. The summed E-state index contributed by atoms with van der Waals surface area (Å²) in [5.41, 5.74) is 5.77. The van der Waals surface area contributed by atoms with Gasteiger partial charge >= 0.3 is 0 Å². The number of rotatable bonds is 5. The van der Waals surface area contributed by atoms with Crippen molar-refractivity contribution in [3.05, 3.63) is 0 Å². The summed E-state index contributed by atoms with van der Waals surface area (Å²) in [6.45, 7) is 14.0. The van der Waals surface area contributed by atoms with E-state index < -0.39 is 0 Å². The molecule has 0 aromatic rings. The smallest absolute Gasteiger partial charge is 0.0110 e. The van der Waals surface area contributed by atoms with Crippen molar-refractivity contribution in [2.24, 2.45) is 11.7 Å². The maximum atomic E-state index is 5.77. The second-order valence-corrected chi connectivity index (χ2v) is 5.30. The number of piperazine rings is 1. The molecule has 0 bridgehead atoms. The minimum Gasteiger partial charge on any atom is -0.328 e. The molecular weight excluding hydrogens is 186 g/mol. The van der Waals surface area contributed by atoms with E-state index in [-0.39, 0.29) is 0 Å². The molecule has 3 nitrogen and oxygen atoms in total. The van der Waals surface area contributed by atoms with Crippen LogP contribution < -0.4 is 5.73 Å². The van der Waals surface area contributed by atoms with E-state index in [1.54, 1.807) is 0 Å². The van der Waals surface area contributed by atoms with Gasteiger partial charge in [-0.25, -0.2) is 0 Å². The quantitative estimate of drug-likeness (QED) is 0.739. The fourth-order valence-corrected chi connectivity index (χ4v) is 2.10. The van der Waals surface area contributed by atoms with E-state index in [9.17, 15) is 0 Å². The maximum Gasteiger partial charge on any atom is 0.0110 e. The molecule has 0 aliphatic carbocycles. The predicted molar refractivity (Wildman–Crippen MR) is 66.0 cm³/mol. The summed E-state index contributed by atoms with van der Waals surface area (Å²) in [5.74, 6) is 0.792. The highest BCUT2D eigenvalue weighted by Gasteiger charge is 2.16. The third-order valence-corrected chi connectivity index (χ3v) is 2.99. The van der Waals surface area contributed by atoms with Crippen molar-refractivity contribution in [2.75, 3.05) is 39.3 Å². The second-order valence-electron chi connectivity index (χ2n) is 5.30. The van der Waals surface area contributed by atoms with Crippen molar-refractivity contribution >= 4 is 0 Å². The Labute approximate surface area is 94.6 Å². The van der Waals surface area contributed by atoms with Crippen LogP contribution in [0.1, 0.15) is 27.2 Å². The van der Waals surface area contributed by atoms with Crippen molar-refractivity contribution in [1.29, 1.82) is 0 Å². The van der Waals surface area contributed by atoms with Gasteiger partial charge in [0.05, 0.1) is 0 Å². The topological polar surface area (TPSA) is 32.5 Å². The normalized spacial score (nSPS) is 22.2. The highest BCUT2D eigenvalue weighted by atomic mass is 15.3. The number of hydrogen-bond donors (Lipinski definition) is 1. The van der Waals surface area contributed by atoms with Crippen LogP contribution >= 0.6 is 0 Å². The first-order chi connectivity index (χ1) is 7.08. The largest absolute Gasteiger partial charge is 0.328 e. The van der Waals surface area contributed by atoms with E-state index in [0.717, 1.165) is 12.3 Å². The van der Waals surface area contributed by atoms with Gasteiger partial charge in [0.1, 0.15) is 0 Å². The number of hydrogen-bond acceptors (Lipinski definition) is 3. The third-order valence-electron chi connectivity index (χ3n) is 2.99. The molecule has 1 aliphatic rings. The molecule has 1 rings (SSSR count). The molecule has 2 N–H and O–H groups in total. The van der Waals surface area contributed by atoms with E-state index in [4.69, 9.17) is 5.73 Å². The van der Waals surface area contributed by atoms with Gasteiger partial charge in [0, 0.05) is 38.8 Å². The first-order valence-corrected chi connectivity index (χ1v) is 6.28. The third kappa shape index (κ3) is 5.50. The van der Waals surface area contributed by atoms with Crippen LogP contribution in [-0.4, -0.2) is 55.1 Å². The van der Waals surface area contributed by atoms with Crippen molar-refractivity contribution < 1.29 is 0 Å². The van der Waals surface area contributed by atoms with Crippen LogP contribution in [-0.2, 0) is 0 Å². The second kappa shape index (κ2) is 6.46. The highest BCUT2D eigenvalue weighted by Crippen LogP contribution is 2.05. The molecule has 0 saturated carbocycles. The summed E-state index contributed by atoms with van der Waals surface area (Å²) in [5, 5.41) is 0. The van der Waals surface area contributed by atoms with Gasteiger partial charge in [-0.05, 0) is 25.8 Å². The minimum atomic E-state index is 0.346. The van der Waals surface area contributed by atoms with Gasteiger partial charge in [0.25, 0.3) is 0 Å². The van der Waals surface area contributed by atoms with Crippen LogP contribution in [0.15, 0.2) is 0 Å². The maximum absolute atomic E-state index is 5.77. The molecule has 1 aliphatic heterocycles. The SMILES string of the molecule is CC(C)CN1CCN(CCC(C)N)CC1. The number of nitrogens with two attached hydrogens (primary N) is 1. The monoisotopic (exact) mass is 213 g/mol. The fourth-order valence-electron chi connectivity index (χ4n) is 2.10. The zero-order valence-corrected chi connectivity index (χ0v) is 10.6. The van der Waals surface area contributed by atoms with E-state index in [2.05, 4.69) is 30.6 Å². The molecule has 0 spiro atoms. The summed E-state index contributed by atoms with van der Waals surface area (Å²) in [6.07, 6.45) is 1.13. The Morgan fingerprint density at radius 3 is 2.00 bits per heavy atom. The molecular formula is C12H27N3. The lowest BCUT2D eigenvalue weighted by molar-refractivity contribution is 0.120. The molecule has 1 atom stereocenters. The molecule has 90 valence electrons. The molecule has 0 amide bonds. The van der Waals surface area contributed by atoms with Crippen LogP contribution in [0.25, 0.3) is 0 Å². The van der Waals surface area contributed by atoms with E-state index in [1.165, 1.54) is 39.3 Å². The summed E-state index contributed by atoms with van der Waals surface area (Å²) < 4.78 is 0. The lowest BCUT2D eigenvalue weighted by atomic mass is 10.2. The first kappa shape index (κ1) is 12.9. The molecule has 1 saturated heterocycles. The van der Waals surface area contributed by atoms with E-state index >= 15 is 0 Å². The van der Waals surface area contributed by atoms with Gasteiger partial charge in [-0.3, -0.25) is 0 Å². The highest BCUT2D eigenvalue weighted by molar-refractivity contribution is 4.73. The van der Waals surface area contributed by atoms with Gasteiger partial charge in [-0.2, -0.15) is 0 Å². The molecule has 1 unspecified atom stereocenters. The Morgan fingerprint density at radius 2 is 1.53 bits per heavy atom. The molecule has 15 heavy (non-hydrogen) atoms. The predicted octanol–water partition coefficient (Wildman–Crippen LogP) is 0.997. The summed E-state index contributed by atoms with van der Waals surface area (Å²) in [4.78, 5) is 5.12. The van der Waals surface area contributed by atoms with Crippen molar-refractivity contribution in [1.82, 2.24) is 9.80 Å². The van der Waals surface area contributed by atoms with Crippen LogP contribution in [0.5, 0.6) is 0 Å². The van der Waals surface area contributed by atoms with Gasteiger partial charge in [0.15, 0.2) is 0 Å². The molecule has 0 aromatic heterocycles. The zero-order chi connectivity index (χ0) is 11.3. The van der Waals surface area contributed by atoms with Gasteiger partial charge < -0.3 is 15.5 Å². The van der Waals surface area contributed by atoms with E-state index in [0.29, 0.717) is 6.04 Å². The lowest BCUT2D eigenvalue weighted by Crippen LogP contribution is -2.48. The lowest BCUT2D eigenvalue weighted by Gasteiger charge is -2.35. The molecule has 1 fully saturated rings. The molecule has 1 heterocycles. The van der Waals surface area contributed by atoms with Crippen molar-refractivity contribution in [3.8, 4) is 0 Å². The Hall–Kier alpha value is -0.120. The molecule has 3 heteroatoms. The fraction of sp³-hybridized carbons (Fsp3) is 1.00. The van der Waals surface area contributed by atoms with Crippen molar-refractivity contribution in [3.63, 3.8) is 0 Å². The van der Waals surface area contributed by atoms with Crippen LogP contribution in [0.4, 0.5) is 0 Å². The van der Waals surface area contributed by atoms with Gasteiger partial charge in [-0.15, -0.1) is 0 Å². The van der Waals surface area contributed by atoms with Crippen LogP contribution in [0, 0.1) is 5.92 Å². The Bertz CT molecular complexity index is 160. The van der Waals surface area contributed by atoms with Crippen molar-refractivity contribution in [2.45, 2.75) is 33.2 Å².